The molecule has 2 aromatic rings. The van der Waals surface area contributed by atoms with Crippen LogP contribution in [0.4, 0.5) is 0 Å². The van der Waals surface area contributed by atoms with Crippen LogP contribution in [0.2, 0.25) is 0 Å². The number of hydrogen-bond donors (Lipinski definition) is 2. The molecule has 2 amide bonds. The molecule has 1 saturated carbocycles. The molecule has 7 heteroatoms. The van der Waals surface area contributed by atoms with Gasteiger partial charge in [0.2, 0.25) is 5.91 Å². The van der Waals surface area contributed by atoms with Crippen molar-refractivity contribution in [1.29, 1.82) is 0 Å². The number of thiophene rings is 1. The van der Waals surface area contributed by atoms with E-state index >= 15 is 0 Å². The fraction of sp³-hybridized carbons (Fsp3) is 0.389. The Hall–Kier alpha value is -1.86. The molecule has 0 unspecified atom stereocenters. The largest absolute Gasteiger partial charge is 0.351 e. The number of aromatic nitrogens is 1. The zero-order valence-electron chi connectivity index (χ0n) is 14.0. The molecule has 0 radical (unpaired) electrons. The van der Waals surface area contributed by atoms with Crippen molar-refractivity contribution in [2.24, 2.45) is 5.92 Å². The highest BCUT2D eigenvalue weighted by Gasteiger charge is 2.31. The average Bonchev–Trinajstić information content (AvgIpc) is 3.31. The molecule has 2 N–H and O–H groups in total. The van der Waals surface area contributed by atoms with Crippen molar-refractivity contribution < 1.29 is 9.59 Å². The summed E-state index contributed by atoms with van der Waals surface area (Å²) in [5.74, 6) is -0.0578. The van der Waals surface area contributed by atoms with Crippen LogP contribution in [0, 0.1) is 5.92 Å². The van der Waals surface area contributed by atoms with Crippen molar-refractivity contribution in [3.8, 4) is 0 Å². The van der Waals surface area contributed by atoms with E-state index in [9.17, 15) is 9.59 Å². The van der Waals surface area contributed by atoms with E-state index in [0.29, 0.717) is 18.5 Å². The number of carbonyl (C=O) groups is 2. The standard InChI is InChI=1S/C18H21N3O2S2/c1-24-18-15(5-2-8-19-18)17(23)21-13-7-6-12(10-13)16(22)20-11-14-4-3-9-25-14/h2-5,8-9,12-13H,6-7,10-11H2,1H3,(H,20,22)(H,21,23)/t12-,13+/m0/s1. The summed E-state index contributed by atoms with van der Waals surface area (Å²) in [7, 11) is 0. The summed E-state index contributed by atoms with van der Waals surface area (Å²) < 4.78 is 0. The predicted molar refractivity (Wildman–Crippen MR) is 101 cm³/mol. The van der Waals surface area contributed by atoms with Gasteiger partial charge in [-0.25, -0.2) is 4.98 Å². The summed E-state index contributed by atoms with van der Waals surface area (Å²) in [4.78, 5) is 30.2. The van der Waals surface area contributed by atoms with Crippen molar-refractivity contribution in [3.05, 3.63) is 46.3 Å². The van der Waals surface area contributed by atoms with Crippen molar-refractivity contribution in [2.75, 3.05) is 6.26 Å². The molecule has 0 bridgehead atoms. The predicted octanol–water partition coefficient (Wildman–Crippen LogP) is 3.08. The second kappa shape index (κ2) is 8.49. The molecule has 3 rings (SSSR count). The average molecular weight is 376 g/mol. The zero-order valence-corrected chi connectivity index (χ0v) is 15.7. The normalized spacial score (nSPS) is 19.6. The molecule has 1 aliphatic rings. The molecule has 1 fully saturated rings. The minimum atomic E-state index is -0.109. The first kappa shape index (κ1) is 17.9. The Bertz CT molecular complexity index is 734. The van der Waals surface area contributed by atoms with E-state index in [0.717, 1.165) is 22.7 Å². The quantitative estimate of drug-likeness (QED) is 0.761. The second-order valence-electron chi connectivity index (χ2n) is 6.04. The Kier molecular flexibility index (Phi) is 6.09. The van der Waals surface area contributed by atoms with E-state index in [1.165, 1.54) is 11.8 Å². The van der Waals surface area contributed by atoms with Gasteiger partial charge in [0.05, 0.1) is 12.1 Å². The van der Waals surface area contributed by atoms with Crippen LogP contribution in [0.15, 0.2) is 40.9 Å². The maximum absolute atomic E-state index is 12.5. The summed E-state index contributed by atoms with van der Waals surface area (Å²) in [5.41, 5.74) is 0.598. The molecule has 0 spiro atoms. The lowest BCUT2D eigenvalue weighted by atomic mass is 10.1. The van der Waals surface area contributed by atoms with E-state index in [4.69, 9.17) is 0 Å². The van der Waals surface area contributed by atoms with E-state index in [2.05, 4.69) is 15.6 Å². The number of carbonyl (C=O) groups excluding carboxylic acids is 2. The lowest BCUT2D eigenvalue weighted by Crippen LogP contribution is -2.35. The van der Waals surface area contributed by atoms with Crippen LogP contribution in [0.5, 0.6) is 0 Å². The number of amides is 2. The Morgan fingerprint density at radius 1 is 1.32 bits per heavy atom. The maximum atomic E-state index is 12.5. The molecule has 2 atom stereocenters. The number of rotatable bonds is 6. The van der Waals surface area contributed by atoms with Gasteiger partial charge in [-0.1, -0.05) is 6.07 Å². The number of nitrogens with zero attached hydrogens (tertiary/aromatic N) is 1. The van der Waals surface area contributed by atoms with Crippen LogP contribution < -0.4 is 10.6 Å². The summed E-state index contributed by atoms with van der Waals surface area (Å²) in [6.07, 6.45) is 5.92. The fourth-order valence-electron chi connectivity index (χ4n) is 3.07. The van der Waals surface area contributed by atoms with Gasteiger partial charge < -0.3 is 10.6 Å². The van der Waals surface area contributed by atoms with Crippen LogP contribution in [0.25, 0.3) is 0 Å². The van der Waals surface area contributed by atoms with Crippen molar-refractivity contribution in [3.63, 3.8) is 0 Å². The van der Waals surface area contributed by atoms with Gasteiger partial charge in [-0.2, -0.15) is 0 Å². The van der Waals surface area contributed by atoms with E-state index in [1.54, 1.807) is 29.7 Å². The van der Waals surface area contributed by atoms with Crippen LogP contribution in [-0.4, -0.2) is 29.1 Å². The topological polar surface area (TPSA) is 71.1 Å². The summed E-state index contributed by atoms with van der Waals surface area (Å²) in [5, 5.41) is 8.78. The van der Waals surface area contributed by atoms with Gasteiger partial charge in [-0.15, -0.1) is 23.1 Å². The van der Waals surface area contributed by atoms with Gasteiger partial charge in [-0.05, 0) is 49.1 Å². The number of thioether (sulfide) groups is 1. The minimum absolute atomic E-state index is 0.0285. The van der Waals surface area contributed by atoms with Crippen molar-refractivity contribution in [2.45, 2.75) is 36.9 Å². The van der Waals surface area contributed by atoms with Crippen LogP contribution >= 0.6 is 23.1 Å². The fourth-order valence-corrected chi connectivity index (χ4v) is 4.26. The van der Waals surface area contributed by atoms with Gasteiger partial charge in [0, 0.05) is 23.0 Å². The molecule has 2 heterocycles. The summed E-state index contributed by atoms with van der Waals surface area (Å²) in [6.45, 7) is 0.580. The van der Waals surface area contributed by atoms with Crippen molar-refractivity contribution >= 4 is 34.9 Å². The van der Waals surface area contributed by atoms with Gasteiger partial charge >= 0.3 is 0 Å². The SMILES string of the molecule is CSc1ncccc1C(=O)N[C@@H]1CC[C@H](C(=O)NCc2cccs2)C1. The second-order valence-corrected chi connectivity index (χ2v) is 7.86. The Morgan fingerprint density at radius 2 is 2.20 bits per heavy atom. The first-order chi connectivity index (χ1) is 12.2. The lowest BCUT2D eigenvalue weighted by molar-refractivity contribution is -0.125. The molecule has 0 aromatic carbocycles. The first-order valence-electron chi connectivity index (χ1n) is 8.27. The Labute approximate surface area is 155 Å². The van der Waals surface area contributed by atoms with Gasteiger partial charge in [0.1, 0.15) is 5.03 Å². The summed E-state index contributed by atoms with van der Waals surface area (Å²) in [6, 6.07) is 7.59. The number of hydrogen-bond acceptors (Lipinski definition) is 5. The monoisotopic (exact) mass is 375 g/mol. The van der Waals surface area contributed by atoms with Gasteiger partial charge in [0.25, 0.3) is 5.91 Å². The third-order valence-corrected chi connectivity index (χ3v) is 5.95. The molecule has 1 aliphatic carbocycles. The third kappa shape index (κ3) is 4.61. The maximum Gasteiger partial charge on any atom is 0.254 e. The molecular formula is C18H21N3O2S2. The van der Waals surface area contributed by atoms with Crippen LogP contribution in [-0.2, 0) is 11.3 Å². The number of nitrogens with one attached hydrogen (secondary N) is 2. The summed E-state index contributed by atoms with van der Waals surface area (Å²) >= 11 is 3.10. The Balaban J connectivity index is 1.50. The third-order valence-electron chi connectivity index (χ3n) is 4.36. The molecule has 5 nitrogen and oxygen atoms in total. The van der Waals surface area contributed by atoms with Gasteiger partial charge in [-0.3, -0.25) is 9.59 Å². The van der Waals surface area contributed by atoms with Crippen LogP contribution in [0.1, 0.15) is 34.5 Å². The Morgan fingerprint density at radius 3 is 2.96 bits per heavy atom. The van der Waals surface area contributed by atoms with Gasteiger partial charge in [0.15, 0.2) is 0 Å². The molecular weight excluding hydrogens is 354 g/mol. The molecule has 0 saturated heterocycles. The van der Waals surface area contributed by atoms with E-state index in [-0.39, 0.29) is 23.8 Å². The highest BCUT2D eigenvalue weighted by atomic mass is 32.2. The van der Waals surface area contributed by atoms with E-state index < -0.39 is 0 Å². The highest BCUT2D eigenvalue weighted by Crippen LogP contribution is 2.27. The first-order valence-corrected chi connectivity index (χ1v) is 10.4. The molecule has 25 heavy (non-hydrogen) atoms. The van der Waals surface area contributed by atoms with E-state index in [1.807, 2.05) is 23.8 Å². The highest BCUT2D eigenvalue weighted by molar-refractivity contribution is 7.98. The molecule has 0 aliphatic heterocycles. The molecule has 2 aromatic heterocycles. The van der Waals surface area contributed by atoms with Crippen molar-refractivity contribution in [1.82, 2.24) is 15.6 Å². The van der Waals surface area contributed by atoms with Crippen LogP contribution in [0.3, 0.4) is 0 Å². The smallest absolute Gasteiger partial charge is 0.254 e. The molecule has 132 valence electrons. The minimum Gasteiger partial charge on any atom is -0.351 e. The lowest BCUT2D eigenvalue weighted by Gasteiger charge is -2.14. The number of pyridine rings is 1. The zero-order chi connectivity index (χ0) is 17.6.